The van der Waals surface area contributed by atoms with Gasteiger partial charge in [0.1, 0.15) is 6.10 Å². The first-order chi connectivity index (χ1) is 8.29. The highest BCUT2D eigenvalue weighted by atomic mass is 16.5. The van der Waals surface area contributed by atoms with Crippen LogP contribution in [0.3, 0.4) is 0 Å². The van der Waals surface area contributed by atoms with Crippen molar-refractivity contribution in [2.75, 3.05) is 5.43 Å². The molecule has 2 rings (SSSR count). The molecule has 0 amide bonds. The first kappa shape index (κ1) is 12.1. The maximum atomic E-state index is 5.96. The number of rotatable bonds is 3. The number of nitrogens with two attached hydrogens (primary N) is 1. The van der Waals surface area contributed by atoms with Crippen LogP contribution in [0.4, 0.5) is 5.95 Å². The monoisotopic (exact) mass is 236 g/mol. The highest BCUT2D eigenvalue weighted by molar-refractivity contribution is 5.31. The van der Waals surface area contributed by atoms with E-state index in [9.17, 15) is 0 Å². The van der Waals surface area contributed by atoms with Crippen molar-refractivity contribution in [2.45, 2.75) is 51.6 Å². The fraction of sp³-hybridized carbons (Fsp3) is 0.667. The van der Waals surface area contributed by atoms with E-state index in [-0.39, 0.29) is 6.10 Å². The van der Waals surface area contributed by atoms with E-state index in [0.717, 1.165) is 18.4 Å². The Labute approximate surface area is 102 Å². The number of aromatic nitrogens is 2. The average Bonchev–Trinajstić information content (AvgIpc) is 2.60. The second-order valence-corrected chi connectivity index (χ2v) is 4.56. The van der Waals surface area contributed by atoms with Crippen molar-refractivity contribution < 1.29 is 4.74 Å². The van der Waals surface area contributed by atoms with Crippen molar-refractivity contribution in [3.8, 4) is 5.88 Å². The molecular weight excluding hydrogens is 216 g/mol. The minimum atomic E-state index is 0.289. The smallest absolute Gasteiger partial charge is 0.240 e. The summed E-state index contributed by atoms with van der Waals surface area (Å²) in [5.74, 6) is 6.35. The van der Waals surface area contributed by atoms with Crippen LogP contribution in [0.5, 0.6) is 5.88 Å². The minimum absolute atomic E-state index is 0.289. The minimum Gasteiger partial charge on any atom is -0.474 e. The van der Waals surface area contributed by atoms with Gasteiger partial charge in [-0.2, -0.15) is 4.98 Å². The summed E-state index contributed by atoms with van der Waals surface area (Å²) in [4.78, 5) is 8.29. The Morgan fingerprint density at radius 1 is 1.29 bits per heavy atom. The summed E-state index contributed by atoms with van der Waals surface area (Å²) in [5.41, 5.74) is 3.39. The molecule has 1 saturated carbocycles. The molecule has 1 aliphatic rings. The van der Waals surface area contributed by atoms with Gasteiger partial charge >= 0.3 is 0 Å². The molecule has 1 aromatic heterocycles. The number of nitrogens with one attached hydrogen (secondary N) is 1. The van der Waals surface area contributed by atoms with Gasteiger partial charge < -0.3 is 4.74 Å². The molecule has 1 aliphatic carbocycles. The maximum absolute atomic E-state index is 5.96. The lowest BCUT2D eigenvalue weighted by Crippen LogP contribution is -2.18. The Kier molecular flexibility index (Phi) is 4.14. The Morgan fingerprint density at radius 3 is 2.65 bits per heavy atom. The topological polar surface area (TPSA) is 73.1 Å². The summed E-state index contributed by atoms with van der Waals surface area (Å²) in [7, 11) is 0. The number of hydrogen-bond donors (Lipinski definition) is 2. The maximum Gasteiger partial charge on any atom is 0.240 e. The van der Waals surface area contributed by atoms with Crippen LogP contribution >= 0.6 is 0 Å². The summed E-state index contributed by atoms with van der Waals surface area (Å²) >= 11 is 0. The normalized spacial score (nSPS) is 17.5. The van der Waals surface area contributed by atoms with Gasteiger partial charge in [0.25, 0.3) is 0 Å². The predicted molar refractivity (Wildman–Crippen MR) is 66.7 cm³/mol. The van der Waals surface area contributed by atoms with Gasteiger partial charge in [0, 0.05) is 11.8 Å². The zero-order valence-electron chi connectivity index (χ0n) is 10.3. The van der Waals surface area contributed by atoms with E-state index in [2.05, 4.69) is 15.4 Å². The molecule has 94 valence electrons. The van der Waals surface area contributed by atoms with Gasteiger partial charge in [-0.1, -0.05) is 12.8 Å². The highest BCUT2D eigenvalue weighted by Gasteiger charge is 2.15. The number of hydrogen-bond acceptors (Lipinski definition) is 5. The molecule has 0 atom stereocenters. The molecule has 1 heterocycles. The molecule has 17 heavy (non-hydrogen) atoms. The Balaban J connectivity index is 2.05. The lowest BCUT2D eigenvalue weighted by molar-refractivity contribution is 0.175. The summed E-state index contributed by atoms with van der Waals surface area (Å²) in [6, 6.07) is 0. The lowest BCUT2D eigenvalue weighted by Gasteiger charge is -2.17. The van der Waals surface area contributed by atoms with Gasteiger partial charge in [-0.3, -0.25) is 5.43 Å². The van der Waals surface area contributed by atoms with E-state index in [0.29, 0.717) is 11.8 Å². The van der Waals surface area contributed by atoms with E-state index < -0.39 is 0 Å². The van der Waals surface area contributed by atoms with Crippen LogP contribution in [0.25, 0.3) is 0 Å². The van der Waals surface area contributed by atoms with Gasteiger partial charge in [-0.15, -0.1) is 0 Å². The second kappa shape index (κ2) is 5.82. The molecule has 0 aliphatic heterocycles. The first-order valence-corrected chi connectivity index (χ1v) is 6.26. The molecule has 5 nitrogen and oxygen atoms in total. The molecule has 3 N–H and O–H groups in total. The van der Waals surface area contributed by atoms with Crippen LogP contribution in [0.15, 0.2) is 6.20 Å². The zero-order chi connectivity index (χ0) is 12.1. The van der Waals surface area contributed by atoms with Crippen molar-refractivity contribution in [2.24, 2.45) is 5.84 Å². The Morgan fingerprint density at radius 2 is 2.00 bits per heavy atom. The van der Waals surface area contributed by atoms with Crippen LogP contribution < -0.4 is 16.0 Å². The quantitative estimate of drug-likeness (QED) is 0.478. The van der Waals surface area contributed by atoms with E-state index >= 15 is 0 Å². The van der Waals surface area contributed by atoms with Gasteiger partial charge in [-0.25, -0.2) is 10.8 Å². The predicted octanol–water partition coefficient (Wildman–Crippen LogP) is 2.17. The fourth-order valence-electron chi connectivity index (χ4n) is 2.13. The third kappa shape index (κ3) is 3.30. The summed E-state index contributed by atoms with van der Waals surface area (Å²) in [6.45, 7) is 1.95. The van der Waals surface area contributed by atoms with Gasteiger partial charge in [0.2, 0.25) is 11.8 Å². The number of nitrogens with zero attached hydrogens (tertiary/aromatic N) is 2. The summed E-state index contributed by atoms with van der Waals surface area (Å²) in [5, 5.41) is 0. The summed E-state index contributed by atoms with van der Waals surface area (Å²) in [6.07, 6.45) is 9.39. The number of aryl methyl sites for hydroxylation is 1. The largest absolute Gasteiger partial charge is 0.474 e. The van der Waals surface area contributed by atoms with Gasteiger partial charge in [-0.05, 0) is 32.6 Å². The van der Waals surface area contributed by atoms with E-state index in [1.807, 2.05) is 6.92 Å². The first-order valence-electron chi connectivity index (χ1n) is 6.26. The Hall–Kier alpha value is -1.36. The number of ether oxygens (including phenoxy) is 1. The van der Waals surface area contributed by atoms with Crippen molar-refractivity contribution in [3.63, 3.8) is 0 Å². The third-order valence-corrected chi connectivity index (χ3v) is 3.13. The molecule has 0 saturated heterocycles. The van der Waals surface area contributed by atoms with Crippen LogP contribution in [0, 0.1) is 6.92 Å². The van der Waals surface area contributed by atoms with Crippen LogP contribution in [0.1, 0.15) is 44.1 Å². The zero-order valence-corrected chi connectivity index (χ0v) is 10.3. The summed E-state index contributed by atoms with van der Waals surface area (Å²) < 4.78 is 5.96. The molecule has 5 heteroatoms. The fourth-order valence-corrected chi connectivity index (χ4v) is 2.13. The van der Waals surface area contributed by atoms with Crippen molar-refractivity contribution in [1.29, 1.82) is 0 Å². The molecular formula is C12H20N4O. The average molecular weight is 236 g/mol. The van der Waals surface area contributed by atoms with Gasteiger partial charge in [0.05, 0.1) is 0 Å². The number of hydrazine groups is 1. The number of anilines is 1. The van der Waals surface area contributed by atoms with Crippen LogP contribution in [-0.2, 0) is 0 Å². The molecule has 0 spiro atoms. The van der Waals surface area contributed by atoms with Crippen molar-refractivity contribution in [1.82, 2.24) is 9.97 Å². The number of nitrogen functional groups attached to an aromatic ring is 1. The second-order valence-electron chi connectivity index (χ2n) is 4.56. The van der Waals surface area contributed by atoms with Crippen LogP contribution in [0.2, 0.25) is 0 Å². The van der Waals surface area contributed by atoms with E-state index in [4.69, 9.17) is 10.6 Å². The lowest BCUT2D eigenvalue weighted by atomic mass is 10.1. The molecule has 1 aromatic rings. The molecule has 0 bridgehead atoms. The van der Waals surface area contributed by atoms with Gasteiger partial charge in [0.15, 0.2) is 0 Å². The standard InChI is InChI=1S/C12H20N4O/c1-9-8-14-12(16-13)15-11(9)17-10-6-4-2-3-5-7-10/h8,10H,2-7,13H2,1H3,(H,14,15,16). The van der Waals surface area contributed by atoms with E-state index in [1.54, 1.807) is 6.20 Å². The van der Waals surface area contributed by atoms with E-state index in [1.165, 1.54) is 25.7 Å². The molecule has 0 unspecified atom stereocenters. The molecule has 0 radical (unpaired) electrons. The molecule has 0 aromatic carbocycles. The SMILES string of the molecule is Cc1cnc(NN)nc1OC1CCCCCC1. The van der Waals surface area contributed by atoms with Crippen molar-refractivity contribution in [3.05, 3.63) is 11.8 Å². The van der Waals surface area contributed by atoms with Crippen molar-refractivity contribution >= 4 is 5.95 Å². The Bertz CT molecular complexity index is 362. The third-order valence-electron chi connectivity index (χ3n) is 3.13. The molecule has 1 fully saturated rings. The van der Waals surface area contributed by atoms with Crippen LogP contribution in [-0.4, -0.2) is 16.1 Å². The highest BCUT2D eigenvalue weighted by Crippen LogP contribution is 2.23.